The van der Waals surface area contributed by atoms with E-state index in [2.05, 4.69) is 9.27 Å². The zero-order valence-electron chi connectivity index (χ0n) is 17.8. The average Bonchev–Trinajstić information content (AvgIpc) is 3.26. The van der Waals surface area contributed by atoms with Crippen molar-refractivity contribution in [3.63, 3.8) is 0 Å². The fourth-order valence-electron chi connectivity index (χ4n) is 3.94. The van der Waals surface area contributed by atoms with Crippen LogP contribution in [0.5, 0.6) is 5.75 Å². The SMILES string of the molecule is COc1ccccc1N1CCN(C(=O)Cn2c(=O)n(C(C)C)c(=O)c3nscc32)CC1. The number of piperazine rings is 1. The lowest BCUT2D eigenvalue weighted by Gasteiger charge is -2.36. The number of ether oxygens (including phenoxy) is 1. The molecule has 1 aliphatic heterocycles. The summed E-state index contributed by atoms with van der Waals surface area (Å²) in [4.78, 5) is 42.6. The molecule has 164 valence electrons. The molecule has 9 nitrogen and oxygen atoms in total. The fourth-order valence-corrected chi connectivity index (χ4v) is 4.61. The van der Waals surface area contributed by atoms with E-state index in [1.165, 1.54) is 4.57 Å². The summed E-state index contributed by atoms with van der Waals surface area (Å²) in [6.07, 6.45) is 0. The van der Waals surface area contributed by atoms with Crippen molar-refractivity contribution in [3.8, 4) is 5.75 Å². The second kappa shape index (κ2) is 8.54. The summed E-state index contributed by atoms with van der Waals surface area (Å²) < 4.78 is 12.1. The molecule has 2 aromatic heterocycles. The molecule has 4 rings (SSSR count). The molecule has 0 spiro atoms. The molecule has 0 bridgehead atoms. The van der Waals surface area contributed by atoms with E-state index in [-0.39, 0.29) is 24.0 Å². The van der Waals surface area contributed by atoms with Crippen molar-refractivity contribution >= 4 is 34.2 Å². The number of benzene rings is 1. The van der Waals surface area contributed by atoms with Crippen LogP contribution in [0.25, 0.3) is 11.0 Å². The number of nitrogens with zero attached hydrogens (tertiary/aromatic N) is 5. The summed E-state index contributed by atoms with van der Waals surface area (Å²) in [6, 6.07) is 7.49. The molecule has 0 atom stereocenters. The molecular formula is C21H25N5O4S. The maximum atomic E-state index is 13.0. The lowest BCUT2D eigenvalue weighted by atomic mass is 10.2. The second-order valence-corrected chi connectivity index (χ2v) is 8.35. The van der Waals surface area contributed by atoms with Gasteiger partial charge in [-0.05, 0) is 37.5 Å². The summed E-state index contributed by atoms with van der Waals surface area (Å²) in [7, 11) is 1.65. The third-order valence-corrected chi connectivity index (χ3v) is 6.18. The highest BCUT2D eigenvalue weighted by Crippen LogP contribution is 2.28. The lowest BCUT2D eigenvalue weighted by Crippen LogP contribution is -2.51. The predicted octanol–water partition coefficient (Wildman–Crippen LogP) is 1.56. The maximum absolute atomic E-state index is 13.0. The molecular weight excluding hydrogens is 418 g/mol. The summed E-state index contributed by atoms with van der Waals surface area (Å²) in [5.74, 6) is 0.653. The van der Waals surface area contributed by atoms with E-state index < -0.39 is 11.2 Å². The van der Waals surface area contributed by atoms with Gasteiger partial charge in [-0.25, -0.2) is 4.79 Å². The molecule has 3 aromatic rings. The zero-order chi connectivity index (χ0) is 22.1. The van der Waals surface area contributed by atoms with E-state index in [1.54, 1.807) is 31.2 Å². The number of carbonyl (C=O) groups is 1. The van der Waals surface area contributed by atoms with Crippen molar-refractivity contribution < 1.29 is 9.53 Å². The number of hydrogen-bond acceptors (Lipinski definition) is 7. The predicted molar refractivity (Wildman–Crippen MR) is 120 cm³/mol. The van der Waals surface area contributed by atoms with Crippen LogP contribution in [0, 0.1) is 0 Å². The Kier molecular flexibility index (Phi) is 5.81. The molecule has 1 fully saturated rings. The van der Waals surface area contributed by atoms with Gasteiger partial charge in [0.05, 0.1) is 18.3 Å². The molecule has 1 aromatic carbocycles. The number of para-hydroxylation sites is 2. The van der Waals surface area contributed by atoms with Gasteiger partial charge in [0, 0.05) is 37.6 Å². The van der Waals surface area contributed by atoms with Crippen LogP contribution in [0.1, 0.15) is 19.9 Å². The highest BCUT2D eigenvalue weighted by molar-refractivity contribution is 7.04. The first-order valence-corrected chi connectivity index (χ1v) is 11.0. The quantitative estimate of drug-likeness (QED) is 0.595. The molecule has 10 heteroatoms. The van der Waals surface area contributed by atoms with Crippen molar-refractivity contribution in [1.82, 2.24) is 18.4 Å². The van der Waals surface area contributed by atoms with Gasteiger partial charge in [-0.2, -0.15) is 4.37 Å². The van der Waals surface area contributed by atoms with Gasteiger partial charge < -0.3 is 14.5 Å². The monoisotopic (exact) mass is 443 g/mol. The third-order valence-electron chi connectivity index (χ3n) is 5.57. The summed E-state index contributed by atoms with van der Waals surface area (Å²) in [5, 5.41) is 1.65. The van der Waals surface area contributed by atoms with Gasteiger partial charge in [-0.1, -0.05) is 12.1 Å². The molecule has 0 N–H and O–H groups in total. The van der Waals surface area contributed by atoms with Crippen molar-refractivity contribution in [3.05, 3.63) is 50.5 Å². The van der Waals surface area contributed by atoms with Crippen LogP contribution in [-0.2, 0) is 11.3 Å². The van der Waals surface area contributed by atoms with E-state index in [0.29, 0.717) is 31.7 Å². The van der Waals surface area contributed by atoms with Crippen molar-refractivity contribution in [2.45, 2.75) is 26.4 Å². The smallest absolute Gasteiger partial charge is 0.332 e. The van der Waals surface area contributed by atoms with E-state index in [4.69, 9.17) is 4.74 Å². The van der Waals surface area contributed by atoms with Crippen molar-refractivity contribution in [2.24, 2.45) is 0 Å². The first-order chi connectivity index (χ1) is 14.9. The first-order valence-electron chi connectivity index (χ1n) is 10.2. The topological polar surface area (TPSA) is 89.7 Å². The van der Waals surface area contributed by atoms with Crippen LogP contribution in [0.15, 0.2) is 39.2 Å². The molecule has 0 saturated carbocycles. The Bertz CT molecular complexity index is 1220. The number of fused-ring (bicyclic) bond motifs is 1. The first kappa shape index (κ1) is 21.1. The zero-order valence-corrected chi connectivity index (χ0v) is 18.6. The molecule has 1 aliphatic rings. The summed E-state index contributed by atoms with van der Waals surface area (Å²) in [5.41, 5.74) is 0.757. The van der Waals surface area contributed by atoms with Crippen molar-refractivity contribution in [2.75, 3.05) is 38.2 Å². The van der Waals surface area contributed by atoms with Gasteiger partial charge in [0.15, 0.2) is 5.52 Å². The normalized spacial score (nSPS) is 14.5. The Morgan fingerprint density at radius 1 is 1.16 bits per heavy atom. The number of carbonyl (C=O) groups excluding carboxylic acids is 1. The van der Waals surface area contributed by atoms with Crippen LogP contribution >= 0.6 is 11.5 Å². The Morgan fingerprint density at radius 2 is 1.87 bits per heavy atom. The number of rotatable bonds is 5. The lowest BCUT2D eigenvalue weighted by molar-refractivity contribution is -0.132. The maximum Gasteiger partial charge on any atom is 0.332 e. The Balaban J connectivity index is 1.54. The van der Waals surface area contributed by atoms with Crippen molar-refractivity contribution in [1.29, 1.82) is 0 Å². The van der Waals surface area contributed by atoms with Crippen LogP contribution in [0.3, 0.4) is 0 Å². The van der Waals surface area contributed by atoms with Crippen LogP contribution in [0.2, 0.25) is 0 Å². The van der Waals surface area contributed by atoms with Crippen LogP contribution < -0.4 is 20.9 Å². The number of amides is 1. The van der Waals surface area contributed by atoms with E-state index in [9.17, 15) is 14.4 Å². The summed E-state index contributed by atoms with van der Waals surface area (Å²) in [6.45, 7) is 5.84. The molecule has 1 amide bonds. The Morgan fingerprint density at radius 3 is 2.55 bits per heavy atom. The van der Waals surface area contributed by atoms with Gasteiger partial charge in [0.25, 0.3) is 5.56 Å². The Hall–Kier alpha value is -3.14. The molecule has 3 heterocycles. The second-order valence-electron chi connectivity index (χ2n) is 7.73. The number of anilines is 1. The molecule has 1 saturated heterocycles. The Labute approximate surface area is 183 Å². The van der Waals surface area contributed by atoms with Crippen LogP contribution in [-0.4, -0.2) is 57.6 Å². The van der Waals surface area contributed by atoms with E-state index in [0.717, 1.165) is 27.5 Å². The standard InChI is InChI=1S/C21H25N5O4S/c1-14(2)26-20(28)19-16(13-31-22-19)25(21(26)29)12-18(27)24-10-8-23(9-11-24)15-6-4-5-7-17(15)30-3/h4-7,13-14H,8-12H2,1-3H3. The minimum absolute atomic E-state index is 0.116. The number of aromatic nitrogens is 3. The van der Waals surface area contributed by atoms with Gasteiger partial charge in [0.2, 0.25) is 5.91 Å². The minimum atomic E-state index is -0.478. The van der Waals surface area contributed by atoms with Gasteiger partial charge in [-0.3, -0.25) is 18.7 Å². The average molecular weight is 444 g/mol. The van der Waals surface area contributed by atoms with E-state index in [1.807, 2.05) is 24.3 Å². The van der Waals surface area contributed by atoms with Crippen LogP contribution in [0.4, 0.5) is 5.69 Å². The van der Waals surface area contributed by atoms with E-state index >= 15 is 0 Å². The fraction of sp³-hybridized carbons (Fsp3) is 0.429. The van der Waals surface area contributed by atoms with Gasteiger partial charge >= 0.3 is 5.69 Å². The summed E-state index contributed by atoms with van der Waals surface area (Å²) >= 11 is 1.11. The molecule has 0 unspecified atom stereocenters. The third kappa shape index (κ3) is 3.83. The highest BCUT2D eigenvalue weighted by Gasteiger charge is 2.25. The highest BCUT2D eigenvalue weighted by atomic mass is 32.1. The van der Waals surface area contributed by atoms with Gasteiger partial charge in [0.1, 0.15) is 12.3 Å². The number of hydrogen-bond donors (Lipinski definition) is 0. The largest absolute Gasteiger partial charge is 0.495 e. The minimum Gasteiger partial charge on any atom is -0.495 e. The molecule has 31 heavy (non-hydrogen) atoms. The van der Waals surface area contributed by atoms with Gasteiger partial charge in [-0.15, -0.1) is 0 Å². The molecule has 0 radical (unpaired) electrons. The number of methoxy groups -OCH3 is 1. The molecule has 0 aliphatic carbocycles.